The first-order chi connectivity index (χ1) is 10.3. The maximum atomic E-state index is 12.2. The number of hydrogen-bond donors (Lipinski definition) is 2. The maximum Gasteiger partial charge on any atom is 0.270 e. The molecule has 0 aliphatic rings. The summed E-state index contributed by atoms with van der Waals surface area (Å²) in [7, 11) is -3.71. The van der Waals surface area contributed by atoms with E-state index >= 15 is 0 Å². The van der Waals surface area contributed by atoms with Gasteiger partial charge in [-0.05, 0) is 40.5 Å². The van der Waals surface area contributed by atoms with Crippen LogP contribution in [-0.4, -0.2) is 24.1 Å². The van der Waals surface area contributed by atoms with Crippen LogP contribution in [0.1, 0.15) is 23.0 Å². The van der Waals surface area contributed by atoms with Crippen molar-refractivity contribution in [3.63, 3.8) is 0 Å². The van der Waals surface area contributed by atoms with Crippen LogP contribution in [0.4, 0.5) is 0 Å². The third-order valence-electron chi connectivity index (χ3n) is 3.01. The van der Waals surface area contributed by atoms with Crippen LogP contribution in [0, 0.1) is 0 Å². The number of hydrogen-bond acceptors (Lipinski definition) is 4. The summed E-state index contributed by atoms with van der Waals surface area (Å²) in [6, 6.07) is 6.02. The Morgan fingerprint density at radius 2 is 2.00 bits per heavy atom. The van der Waals surface area contributed by atoms with Crippen molar-refractivity contribution in [1.29, 1.82) is 0 Å². The fourth-order valence-corrected chi connectivity index (χ4v) is 2.88. The van der Waals surface area contributed by atoms with Gasteiger partial charge in [0.05, 0.1) is 15.6 Å². The molecule has 22 heavy (non-hydrogen) atoms. The summed E-state index contributed by atoms with van der Waals surface area (Å²) < 4.78 is 24.5. The molecule has 0 radical (unpaired) electrons. The minimum Gasteiger partial charge on any atom is -0.347 e. The van der Waals surface area contributed by atoms with E-state index < -0.39 is 10.0 Å². The second kappa shape index (κ2) is 6.59. The second-order valence-corrected chi connectivity index (χ2v) is 6.94. The van der Waals surface area contributed by atoms with E-state index in [2.05, 4.69) is 26.3 Å². The lowest BCUT2D eigenvalue weighted by Gasteiger charge is -2.08. The van der Waals surface area contributed by atoms with Crippen molar-refractivity contribution in [1.82, 2.24) is 15.1 Å². The molecular formula is C13H15BrN4O3S. The molecule has 0 saturated carbocycles. The average molecular weight is 387 g/mol. The SMILES string of the molecule is CCn1ncc(Br)c1C(=O)NCc1ccc(S(N)(=O)=O)cc1. The molecule has 3 N–H and O–H groups in total. The fourth-order valence-electron chi connectivity index (χ4n) is 1.89. The van der Waals surface area contributed by atoms with Crippen molar-refractivity contribution >= 4 is 31.9 Å². The second-order valence-electron chi connectivity index (χ2n) is 4.53. The van der Waals surface area contributed by atoms with Gasteiger partial charge in [0.2, 0.25) is 10.0 Å². The van der Waals surface area contributed by atoms with Crippen LogP contribution in [0.5, 0.6) is 0 Å². The van der Waals surface area contributed by atoms with Gasteiger partial charge in [0, 0.05) is 13.1 Å². The third-order valence-corrected chi connectivity index (χ3v) is 4.52. The molecule has 0 unspecified atom stereocenters. The van der Waals surface area contributed by atoms with Gasteiger partial charge in [-0.3, -0.25) is 9.48 Å². The smallest absolute Gasteiger partial charge is 0.270 e. The normalized spacial score (nSPS) is 11.4. The largest absolute Gasteiger partial charge is 0.347 e. The Hall–Kier alpha value is -1.71. The highest BCUT2D eigenvalue weighted by Gasteiger charge is 2.16. The maximum absolute atomic E-state index is 12.2. The topological polar surface area (TPSA) is 107 Å². The molecular weight excluding hydrogens is 372 g/mol. The molecule has 0 fully saturated rings. The summed E-state index contributed by atoms with van der Waals surface area (Å²) in [4.78, 5) is 12.2. The number of benzene rings is 1. The number of carbonyl (C=O) groups excluding carboxylic acids is 1. The van der Waals surface area contributed by atoms with Crippen molar-refractivity contribution in [2.24, 2.45) is 5.14 Å². The molecule has 2 aromatic rings. The molecule has 0 saturated heterocycles. The molecule has 0 aliphatic heterocycles. The number of halogens is 1. The van der Waals surface area contributed by atoms with E-state index in [4.69, 9.17) is 5.14 Å². The molecule has 118 valence electrons. The number of nitrogens with two attached hydrogens (primary N) is 1. The minimum absolute atomic E-state index is 0.0365. The van der Waals surface area contributed by atoms with E-state index in [0.717, 1.165) is 5.56 Å². The van der Waals surface area contributed by atoms with E-state index in [-0.39, 0.29) is 17.3 Å². The van der Waals surface area contributed by atoms with Gasteiger partial charge in [0.1, 0.15) is 5.69 Å². The fraction of sp³-hybridized carbons (Fsp3) is 0.231. The van der Waals surface area contributed by atoms with Gasteiger partial charge >= 0.3 is 0 Å². The summed E-state index contributed by atoms with van der Waals surface area (Å²) in [5, 5.41) is 11.9. The van der Waals surface area contributed by atoms with Gasteiger partial charge < -0.3 is 5.32 Å². The van der Waals surface area contributed by atoms with Gasteiger partial charge in [-0.25, -0.2) is 13.6 Å². The molecule has 1 aromatic heterocycles. The lowest BCUT2D eigenvalue weighted by atomic mass is 10.2. The molecule has 1 heterocycles. The van der Waals surface area contributed by atoms with E-state index in [1.54, 1.807) is 23.0 Å². The van der Waals surface area contributed by atoms with Crippen molar-refractivity contribution < 1.29 is 13.2 Å². The van der Waals surface area contributed by atoms with Gasteiger partial charge in [0.25, 0.3) is 5.91 Å². The lowest BCUT2D eigenvalue weighted by molar-refractivity contribution is 0.0939. The van der Waals surface area contributed by atoms with Crippen LogP contribution >= 0.6 is 15.9 Å². The first-order valence-corrected chi connectivity index (χ1v) is 8.78. The van der Waals surface area contributed by atoms with Gasteiger partial charge in [-0.15, -0.1) is 0 Å². The number of aromatic nitrogens is 2. The standard InChI is InChI=1S/C13H15BrN4O3S/c1-2-18-12(11(14)8-17-18)13(19)16-7-9-3-5-10(6-4-9)22(15,20)21/h3-6,8H,2,7H2,1H3,(H,16,19)(H2,15,20,21). The Labute approximate surface area is 136 Å². The molecule has 0 aliphatic carbocycles. The predicted molar refractivity (Wildman–Crippen MR) is 84.6 cm³/mol. The predicted octanol–water partition coefficient (Wildman–Crippen LogP) is 1.24. The van der Waals surface area contributed by atoms with Crippen LogP contribution in [0.25, 0.3) is 0 Å². The van der Waals surface area contributed by atoms with Crippen LogP contribution < -0.4 is 10.5 Å². The molecule has 2 rings (SSSR count). The van der Waals surface area contributed by atoms with Crippen molar-refractivity contribution in [2.45, 2.75) is 24.9 Å². The highest BCUT2D eigenvalue weighted by molar-refractivity contribution is 9.10. The molecule has 0 atom stereocenters. The van der Waals surface area contributed by atoms with E-state index in [9.17, 15) is 13.2 Å². The summed E-state index contributed by atoms with van der Waals surface area (Å²) in [5.74, 6) is -0.262. The Morgan fingerprint density at radius 3 is 2.55 bits per heavy atom. The highest BCUT2D eigenvalue weighted by atomic mass is 79.9. The zero-order valence-electron chi connectivity index (χ0n) is 11.8. The van der Waals surface area contributed by atoms with Gasteiger partial charge in [-0.2, -0.15) is 5.10 Å². The number of rotatable bonds is 5. The van der Waals surface area contributed by atoms with Crippen LogP contribution in [0.2, 0.25) is 0 Å². The highest BCUT2D eigenvalue weighted by Crippen LogP contribution is 2.16. The van der Waals surface area contributed by atoms with Crippen molar-refractivity contribution in [3.05, 3.63) is 46.2 Å². The third kappa shape index (κ3) is 3.73. The van der Waals surface area contributed by atoms with E-state index in [1.165, 1.54) is 12.1 Å². The Balaban J connectivity index is 2.07. The summed E-state index contributed by atoms with van der Waals surface area (Å²) in [6.07, 6.45) is 1.57. The number of sulfonamides is 1. The van der Waals surface area contributed by atoms with Crippen LogP contribution in [0.15, 0.2) is 39.8 Å². The van der Waals surface area contributed by atoms with Crippen molar-refractivity contribution in [3.8, 4) is 0 Å². The first-order valence-electron chi connectivity index (χ1n) is 6.44. The molecule has 1 amide bonds. The number of aryl methyl sites for hydroxylation is 1. The number of amides is 1. The average Bonchev–Trinajstić information content (AvgIpc) is 2.85. The lowest BCUT2D eigenvalue weighted by Crippen LogP contribution is -2.26. The minimum atomic E-state index is -3.71. The number of carbonyl (C=O) groups is 1. The van der Waals surface area contributed by atoms with Gasteiger partial charge in [-0.1, -0.05) is 12.1 Å². The quantitative estimate of drug-likeness (QED) is 0.805. The summed E-state index contributed by atoms with van der Waals surface area (Å²) in [6.45, 7) is 2.74. The Bertz CT molecular complexity index is 784. The summed E-state index contributed by atoms with van der Waals surface area (Å²) in [5.41, 5.74) is 1.21. The monoisotopic (exact) mass is 386 g/mol. The molecule has 0 spiro atoms. The molecule has 7 nitrogen and oxygen atoms in total. The zero-order chi connectivity index (χ0) is 16.3. The van der Waals surface area contributed by atoms with Crippen LogP contribution in [-0.2, 0) is 23.1 Å². The number of nitrogens with one attached hydrogen (secondary N) is 1. The first kappa shape index (κ1) is 16.7. The molecule has 1 aromatic carbocycles. The molecule has 0 bridgehead atoms. The Kier molecular flexibility index (Phi) is 4.99. The van der Waals surface area contributed by atoms with Crippen LogP contribution in [0.3, 0.4) is 0 Å². The van der Waals surface area contributed by atoms with Gasteiger partial charge in [0.15, 0.2) is 0 Å². The summed E-state index contributed by atoms with van der Waals surface area (Å²) >= 11 is 3.29. The van der Waals surface area contributed by atoms with E-state index in [1.807, 2.05) is 6.92 Å². The van der Waals surface area contributed by atoms with Crippen molar-refractivity contribution in [2.75, 3.05) is 0 Å². The number of nitrogens with zero attached hydrogens (tertiary/aromatic N) is 2. The Morgan fingerprint density at radius 1 is 1.36 bits per heavy atom. The zero-order valence-corrected chi connectivity index (χ0v) is 14.2. The number of primary sulfonamides is 1. The molecule has 9 heteroatoms. The van der Waals surface area contributed by atoms with E-state index in [0.29, 0.717) is 16.7 Å².